The van der Waals surface area contributed by atoms with Gasteiger partial charge in [0.15, 0.2) is 0 Å². The summed E-state index contributed by atoms with van der Waals surface area (Å²) < 4.78 is 5.25. The molecular formula is C41H33N3O4S. The van der Waals surface area contributed by atoms with Crippen molar-refractivity contribution >= 4 is 57.7 Å². The molecule has 0 bridgehead atoms. The molecule has 242 valence electrons. The highest BCUT2D eigenvalue weighted by atomic mass is 32.2. The number of hydrogen-bond acceptors (Lipinski definition) is 5. The standard InChI is InChI=1S/C41H33N3O4S/c1-48-33-24-22-28(23-25-33)26-37(44-39(45)31-15-6-3-7-16-31)40(46)42-32-18-11-19-34(27-32)49-38(30-13-4-2-5-14-30)41(47)43-36-21-10-17-29-12-8-9-20-35(29)36/h2-27,38H,1H3,(H,42,46)(H,43,47)(H,44,45)/b37-26+. The largest absolute Gasteiger partial charge is 0.497 e. The van der Waals surface area contributed by atoms with E-state index in [1.54, 1.807) is 67.8 Å². The number of nitrogens with one attached hydrogen (secondary N) is 3. The van der Waals surface area contributed by atoms with Crippen molar-refractivity contribution in [3.05, 3.63) is 174 Å². The molecule has 0 radical (unpaired) electrons. The van der Waals surface area contributed by atoms with E-state index in [-0.39, 0.29) is 11.6 Å². The van der Waals surface area contributed by atoms with Gasteiger partial charge in [0.2, 0.25) is 5.91 Å². The zero-order valence-electron chi connectivity index (χ0n) is 26.6. The monoisotopic (exact) mass is 663 g/mol. The van der Waals surface area contributed by atoms with Crippen molar-refractivity contribution in [1.82, 2.24) is 5.32 Å². The van der Waals surface area contributed by atoms with Crippen LogP contribution in [0.5, 0.6) is 5.75 Å². The molecule has 3 amide bonds. The number of carbonyl (C=O) groups excluding carboxylic acids is 3. The summed E-state index contributed by atoms with van der Waals surface area (Å²) in [6.45, 7) is 0. The molecule has 49 heavy (non-hydrogen) atoms. The average molecular weight is 664 g/mol. The molecule has 3 N–H and O–H groups in total. The van der Waals surface area contributed by atoms with E-state index in [0.717, 1.165) is 26.9 Å². The van der Waals surface area contributed by atoms with E-state index in [9.17, 15) is 14.4 Å². The minimum Gasteiger partial charge on any atom is -0.497 e. The number of thioether (sulfide) groups is 1. The normalized spacial score (nSPS) is 11.7. The molecule has 0 aliphatic heterocycles. The Labute approximate surface area is 289 Å². The number of rotatable bonds is 11. The van der Waals surface area contributed by atoms with Crippen molar-refractivity contribution < 1.29 is 19.1 Å². The highest BCUT2D eigenvalue weighted by Crippen LogP contribution is 2.38. The fraction of sp³-hybridized carbons (Fsp3) is 0.0488. The Hall–Kier alpha value is -6.12. The second-order valence-electron chi connectivity index (χ2n) is 11.1. The van der Waals surface area contributed by atoms with Gasteiger partial charge in [0.05, 0.1) is 7.11 Å². The van der Waals surface area contributed by atoms with Crippen LogP contribution < -0.4 is 20.7 Å². The average Bonchev–Trinajstić information content (AvgIpc) is 3.15. The molecule has 1 unspecified atom stereocenters. The van der Waals surface area contributed by atoms with E-state index in [2.05, 4.69) is 16.0 Å². The summed E-state index contributed by atoms with van der Waals surface area (Å²) in [4.78, 5) is 41.4. The summed E-state index contributed by atoms with van der Waals surface area (Å²) in [7, 11) is 1.58. The van der Waals surface area contributed by atoms with Crippen LogP contribution in [-0.4, -0.2) is 24.8 Å². The Kier molecular flexibility index (Phi) is 10.5. The summed E-state index contributed by atoms with van der Waals surface area (Å²) in [6, 6.07) is 46.5. The summed E-state index contributed by atoms with van der Waals surface area (Å²) in [5, 5.41) is 10.2. The molecule has 0 saturated carbocycles. The summed E-state index contributed by atoms with van der Waals surface area (Å²) in [5.41, 5.74) is 3.27. The van der Waals surface area contributed by atoms with Crippen LogP contribution in [-0.2, 0) is 9.59 Å². The lowest BCUT2D eigenvalue weighted by Crippen LogP contribution is -2.30. The molecule has 1 atom stereocenters. The number of hydrogen-bond donors (Lipinski definition) is 3. The number of carbonyl (C=O) groups is 3. The third kappa shape index (κ3) is 8.43. The molecule has 0 saturated heterocycles. The third-order valence-corrected chi connectivity index (χ3v) is 8.94. The maximum absolute atomic E-state index is 13.9. The number of methoxy groups -OCH3 is 1. The second kappa shape index (κ2) is 15.6. The first kappa shape index (κ1) is 32.8. The minimum atomic E-state index is -0.582. The highest BCUT2D eigenvalue weighted by Gasteiger charge is 2.23. The number of anilines is 2. The first-order chi connectivity index (χ1) is 24.0. The predicted molar refractivity (Wildman–Crippen MR) is 198 cm³/mol. The maximum atomic E-state index is 13.9. The van der Waals surface area contributed by atoms with Crippen LogP contribution in [0.4, 0.5) is 11.4 Å². The molecule has 0 fully saturated rings. The van der Waals surface area contributed by atoms with Crippen LogP contribution in [0, 0.1) is 0 Å². The van der Waals surface area contributed by atoms with E-state index in [0.29, 0.717) is 22.6 Å². The van der Waals surface area contributed by atoms with Crippen molar-refractivity contribution in [1.29, 1.82) is 0 Å². The Morgan fingerprint density at radius 2 is 1.37 bits per heavy atom. The lowest BCUT2D eigenvalue weighted by molar-refractivity contribution is -0.116. The molecule has 0 aliphatic rings. The van der Waals surface area contributed by atoms with E-state index in [4.69, 9.17) is 4.74 Å². The predicted octanol–water partition coefficient (Wildman–Crippen LogP) is 8.73. The van der Waals surface area contributed by atoms with Crippen molar-refractivity contribution in [3.8, 4) is 5.75 Å². The molecule has 6 aromatic rings. The Morgan fingerprint density at radius 1 is 0.694 bits per heavy atom. The lowest BCUT2D eigenvalue weighted by atomic mass is 10.1. The smallest absolute Gasteiger partial charge is 0.272 e. The zero-order chi connectivity index (χ0) is 34.0. The van der Waals surface area contributed by atoms with E-state index < -0.39 is 17.1 Å². The van der Waals surface area contributed by atoms with Gasteiger partial charge in [-0.05, 0) is 71.1 Å². The molecular weight excluding hydrogens is 631 g/mol. The van der Waals surface area contributed by atoms with Gasteiger partial charge >= 0.3 is 0 Å². The molecule has 7 nitrogen and oxygen atoms in total. The van der Waals surface area contributed by atoms with Crippen molar-refractivity contribution in [2.75, 3.05) is 17.7 Å². The lowest BCUT2D eigenvalue weighted by Gasteiger charge is -2.18. The Bertz CT molecular complexity index is 2110. The Morgan fingerprint density at radius 3 is 2.12 bits per heavy atom. The zero-order valence-corrected chi connectivity index (χ0v) is 27.4. The van der Waals surface area contributed by atoms with Gasteiger partial charge in [-0.15, -0.1) is 11.8 Å². The van der Waals surface area contributed by atoms with Gasteiger partial charge < -0.3 is 20.7 Å². The summed E-state index contributed by atoms with van der Waals surface area (Å²) in [5.74, 6) is -0.418. The van der Waals surface area contributed by atoms with Crippen LogP contribution in [0.1, 0.15) is 26.7 Å². The summed E-state index contributed by atoms with van der Waals surface area (Å²) in [6.07, 6.45) is 1.61. The third-order valence-electron chi connectivity index (χ3n) is 7.69. The first-order valence-electron chi connectivity index (χ1n) is 15.6. The van der Waals surface area contributed by atoms with Gasteiger partial charge in [-0.3, -0.25) is 14.4 Å². The van der Waals surface area contributed by atoms with Crippen LogP contribution in [0.2, 0.25) is 0 Å². The number of ether oxygens (including phenoxy) is 1. The van der Waals surface area contributed by atoms with Gasteiger partial charge in [-0.25, -0.2) is 0 Å². The molecule has 0 aromatic heterocycles. The molecule has 6 rings (SSSR count). The van der Waals surface area contributed by atoms with Crippen LogP contribution in [0.3, 0.4) is 0 Å². The summed E-state index contributed by atoms with van der Waals surface area (Å²) >= 11 is 1.38. The fourth-order valence-electron chi connectivity index (χ4n) is 5.22. The molecule has 8 heteroatoms. The molecule has 6 aromatic carbocycles. The van der Waals surface area contributed by atoms with Gasteiger partial charge in [0.25, 0.3) is 11.8 Å². The van der Waals surface area contributed by atoms with Crippen LogP contribution in [0.25, 0.3) is 16.8 Å². The molecule has 0 aliphatic carbocycles. The first-order valence-corrected chi connectivity index (χ1v) is 16.5. The van der Waals surface area contributed by atoms with Crippen LogP contribution in [0.15, 0.2) is 162 Å². The minimum absolute atomic E-state index is 0.0636. The fourth-order valence-corrected chi connectivity index (χ4v) is 6.31. The number of fused-ring (bicyclic) bond motifs is 1. The highest BCUT2D eigenvalue weighted by molar-refractivity contribution is 8.00. The van der Waals surface area contributed by atoms with Gasteiger partial charge in [-0.1, -0.05) is 103 Å². The SMILES string of the molecule is COc1ccc(/C=C(/NC(=O)c2ccccc2)C(=O)Nc2cccc(SC(C(=O)Nc3cccc4ccccc34)c3ccccc3)c2)cc1. The topological polar surface area (TPSA) is 96.5 Å². The van der Waals surface area contributed by atoms with Gasteiger partial charge in [0.1, 0.15) is 16.7 Å². The molecule has 0 heterocycles. The molecule has 0 spiro atoms. The van der Waals surface area contributed by atoms with Crippen molar-refractivity contribution in [2.45, 2.75) is 10.1 Å². The van der Waals surface area contributed by atoms with E-state index >= 15 is 0 Å². The number of benzene rings is 6. The Balaban J connectivity index is 1.24. The van der Waals surface area contributed by atoms with Crippen molar-refractivity contribution in [3.63, 3.8) is 0 Å². The van der Waals surface area contributed by atoms with Gasteiger partial charge in [0, 0.05) is 27.2 Å². The van der Waals surface area contributed by atoms with Gasteiger partial charge in [-0.2, -0.15) is 0 Å². The quantitative estimate of drug-likeness (QED) is 0.0952. The van der Waals surface area contributed by atoms with E-state index in [1.165, 1.54) is 11.8 Å². The second-order valence-corrected chi connectivity index (χ2v) is 12.2. The van der Waals surface area contributed by atoms with Crippen LogP contribution >= 0.6 is 11.8 Å². The van der Waals surface area contributed by atoms with E-state index in [1.807, 2.05) is 97.1 Å². The number of amides is 3. The van der Waals surface area contributed by atoms with Crippen molar-refractivity contribution in [2.24, 2.45) is 0 Å². The maximum Gasteiger partial charge on any atom is 0.272 e.